The van der Waals surface area contributed by atoms with Crippen LogP contribution in [0.4, 0.5) is 4.79 Å². The van der Waals surface area contributed by atoms with Crippen LogP contribution in [-0.4, -0.2) is 53.8 Å². The van der Waals surface area contributed by atoms with E-state index in [1.807, 2.05) is 0 Å². The predicted molar refractivity (Wildman–Crippen MR) is 78.2 cm³/mol. The summed E-state index contributed by atoms with van der Waals surface area (Å²) >= 11 is 0. The molecular weight excluding hydrogens is 290 g/mol. The van der Waals surface area contributed by atoms with Gasteiger partial charge in [0.25, 0.3) is 0 Å². The van der Waals surface area contributed by atoms with E-state index in [-0.39, 0.29) is 13.2 Å². The van der Waals surface area contributed by atoms with Crippen LogP contribution < -0.4 is 0 Å². The Morgan fingerprint density at radius 1 is 1.05 bits per heavy atom. The van der Waals surface area contributed by atoms with E-state index < -0.39 is 29.2 Å². The van der Waals surface area contributed by atoms with E-state index in [0.717, 1.165) is 6.42 Å². The van der Waals surface area contributed by atoms with Gasteiger partial charge >= 0.3 is 18.0 Å². The van der Waals surface area contributed by atoms with Crippen LogP contribution in [0.1, 0.15) is 47.5 Å². The topological polar surface area (TPSA) is 82.1 Å². The van der Waals surface area contributed by atoms with E-state index >= 15 is 0 Å². The van der Waals surface area contributed by atoms with Crippen LogP contribution in [0.25, 0.3) is 0 Å². The van der Waals surface area contributed by atoms with Gasteiger partial charge in [0.2, 0.25) is 0 Å². The Bertz CT molecular complexity index is 422. The van der Waals surface area contributed by atoms with E-state index in [1.165, 1.54) is 18.7 Å². The van der Waals surface area contributed by atoms with Crippen molar-refractivity contribution in [3.63, 3.8) is 0 Å². The molecule has 7 nitrogen and oxygen atoms in total. The van der Waals surface area contributed by atoms with Gasteiger partial charge in [-0.15, -0.1) is 0 Å². The molecule has 0 unspecified atom stereocenters. The molecule has 7 heteroatoms. The Hall–Kier alpha value is -1.79. The number of nitrogens with zero attached hydrogens (tertiary/aromatic N) is 1. The fourth-order valence-electron chi connectivity index (χ4n) is 2.35. The van der Waals surface area contributed by atoms with E-state index in [9.17, 15) is 14.4 Å². The first-order chi connectivity index (χ1) is 10.1. The Morgan fingerprint density at radius 2 is 1.55 bits per heavy atom. The Kier molecular flexibility index (Phi) is 5.79. The third kappa shape index (κ3) is 5.20. The second-order valence-corrected chi connectivity index (χ2v) is 6.52. The molecule has 0 aromatic carbocycles. The minimum atomic E-state index is -0.861. The second-order valence-electron chi connectivity index (χ2n) is 6.52. The van der Waals surface area contributed by atoms with Crippen LogP contribution in [0.3, 0.4) is 0 Å². The fraction of sp³-hybridized carbons (Fsp3) is 0.800. The summed E-state index contributed by atoms with van der Waals surface area (Å²) < 4.78 is 15.6. The minimum Gasteiger partial charge on any atom is -0.463 e. The molecule has 0 radical (unpaired) electrons. The molecule has 0 atom stereocenters. The van der Waals surface area contributed by atoms with Gasteiger partial charge in [-0.25, -0.2) is 4.79 Å². The second kappa shape index (κ2) is 6.98. The first-order valence-electron chi connectivity index (χ1n) is 7.33. The molecule has 1 amide bonds. The number of esters is 2. The standard InChI is InChI=1S/C15H25NO6/c1-11(17)20-9-15(10-21-12(2)18)7-6-8-16(15)13(19)22-14(3,4)5/h6-10H2,1-5H3. The molecular formula is C15H25NO6. The van der Waals surface area contributed by atoms with Gasteiger partial charge in [-0.3, -0.25) is 14.5 Å². The molecule has 1 fully saturated rings. The molecule has 1 aliphatic rings. The molecule has 0 aromatic rings. The summed E-state index contributed by atoms with van der Waals surface area (Å²) in [6.07, 6.45) is 0.804. The highest BCUT2D eigenvalue weighted by Crippen LogP contribution is 2.32. The predicted octanol–water partition coefficient (Wildman–Crippen LogP) is 1.88. The van der Waals surface area contributed by atoms with Crippen molar-refractivity contribution in [2.24, 2.45) is 0 Å². The van der Waals surface area contributed by atoms with Crippen molar-refractivity contribution in [2.45, 2.75) is 58.6 Å². The van der Waals surface area contributed by atoms with Crippen molar-refractivity contribution < 1.29 is 28.6 Å². The van der Waals surface area contributed by atoms with Crippen molar-refractivity contribution in [3.05, 3.63) is 0 Å². The fourth-order valence-corrected chi connectivity index (χ4v) is 2.35. The van der Waals surface area contributed by atoms with Crippen molar-refractivity contribution in [2.75, 3.05) is 19.8 Å². The number of likely N-dealkylation sites (tertiary alicyclic amines) is 1. The highest BCUT2D eigenvalue weighted by Gasteiger charge is 2.47. The van der Waals surface area contributed by atoms with Crippen LogP contribution in [0.5, 0.6) is 0 Å². The SMILES string of the molecule is CC(=O)OCC1(COC(C)=O)CCCN1C(=O)OC(C)(C)C. The number of rotatable bonds is 4. The van der Waals surface area contributed by atoms with Crippen LogP contribution in [0, 0.1) is 0 Å². The summed E-state index contributed by atoms with van der Waals surface area (Å²) in [5.41, 5.74) is -1.49. The van der Waals surface area contributed by atoms with Gasteiger partial charge in [0.15, 0.2) is 0 Å². The van der Waals surface area contributed by atoms with Crippen molar-refractivity contribution in [1.82, 2.24) is 4.90 Å². The average Bonchev–Trinajstić information content (AvgIpc) is 2.76. The van der Waals surface area contributed by atoms with Crippen LogP contribution in [0.2, 0.25) is 0 Å². The summed E-state index contributed by atoms with van der Waals surface area (Å²) in [5, 5.41) is 0. The Balaban J connectivity index is 2.92. The van der Waals surface area contributed by atoms with Gasteiger partial charge in [0.05, 0.1) is 0 Å². The van der Waals surface area contributed by atoms with E-state index in [2.05, 4.69) is 0 Å². The lowest BCUT2D eigenvalue weighted by Crippen LogP contribution is -2.55. The summed E-state index contributed by atoms with van der Waals surface area (Å²) in [6.45, 7) is 8.36. The molecule has 0 bridgehead atoms. The first-order valence-corrected chi connectivity index (χ1v) is 7.33. The number of amides is 1. The molecule has 1 heterocycles. The van der Waals surface area contributed by atoms with Gasteiger partial charge in [-0.05, 0) is 33.6 Å². The van der Waals surface area contributed by atoms with Crippen molar-refractivity contribution in [3.8, 4) is 0 Å². The van der Waals surface area contributed by atoms with Crippen LogP contribution >= 0.6 is 0 Å². The Morgan fingerprint density at radius 3 is 1.95 bits per heavy atom. The lowest BCUT2D eigenvalue weighted by atomic mass is 9.98. The van der Waals surface area contributed by atoms with E-state index in [0.29, 0.717) is 13.0 Å². The molecule has 0 spiro atoms. The maximum Gasteiger partial charge on any atom is 0.410 e. The molecule has 1 saturated heterocycles. The lowest BCUT2D eigenvalue weighted by molar-refractivity contribution is -0.151. The van der Waals surface area contributed by atoms with Gasteiger partial charge in [0.1, 0.15) is 24.4 Å². The third-order valence-corrected chi connectivity index (χ3v) is 3.30. The van der Waals surface area contributed by atoms with Gasteiger partial charge in [-0.2, -0.15) is 0 Å². The van der Waals surface area contributed by atoms with Gasteiger partial charge < -0.3 is 14.2 Å². The zero-order valence-electron chi connectivity index (χ0n) is 13.9. The summed E-state index contributed by atoms with van der Waals surface area (Å²) in [5.74, 6) is -0.892. The quantitative estimate of drug-likeness (QED) is 0.582. The zero-order chi connectivity index (χ0) is 17.0. The highest BCUT2D eigenvalue weighted by molar-refractivity contribution is 5.71. The number of carbonyl (C=O) groups excluding carboxylic acids is 3. The maximum absolute atomic E-state index is 12.4. The zero-order valence-corrected chi connectivity index (χ0v) is 13.9. The minimum absolute atomic E-state index is 0.0190. The summed E-state index contributed by atoms with van der Waals surface area (Å²) in [6, 6.07) is 0. The lowest BCUT2D eigenvalue weighted by Gasteiger charge is -2.37. The van der Waals surface area contributed by atoms with Gasteiger partial charge in [0, 0.05) is 20.4 Å². The number of hydrogen-bond donors (Lipinski definition) is 0. The summed E-state index contributed by atoms with van der Waals surface area (Å²) in [4.78, 5) is 36.1. The molecule has 1 rings (SSSR count). The van der Waals surface area contributed by atoms with Gasteiger partial charge in [-0.1, -0.05) is 0 Å². The van der Waals surface area contributed by atoms with E-state index in [1.54, 1.807) is 20.8 Å². The highest BCUT2D eigenvalue weighted by atomic mass is 16.6. The monoisotopic (exact) mass is 315 g/mol. The largest absolute Gasteiger partial charge is 0.463 e. The van der Waals surface area contributed by atoms with Crippen molar-refractivity contribution >= 4 is 18.0 Å². The van der Waals surface area contributed by atoms with E-state index in [4.69, 9.17) is 14.2 Å². The Labute approximate surface area is 130 Å². The number of carbonyl (C=O) groups is 3. The van der Waals surface area contributed by atoms with Crippen LogP contribution in [-0.2, 0) is 23.8 Å². The molecule has 0 aromatic heterocycles. The number of hydrogen-bond acceptors (Lipinski definition) is 6. The maximum atomic E-state index is 12.4. The molecule has 1 aliphatic heterocycles. The number of ether oxygens (including phenoxy) is 3. The molecule has 0 saturated carbocycles. The average molecular weight is 315 g/mol. The summed E-state index contributed by atoms with van der Waals surface area (Å²) in [7, 11) is 0. The molecule has 0 aliphatic carbocycles. The molecule has 126 valence electrons. The van der Waals surface area contributed by atoms with Crippen LogP contribution in [0.15, 0.2) is 0 Å². The molecule has 0 N–H and O–H groups in total. The van der Waals surface area contributed by atoms with Crippen molar-refractivity contribution in [1.29, 1.82) is 0 Å². The normalized spacial score (nSPS) is 17.0. The first kappa shape index (κ1) is 18.3. The molecule has 22 heavy (non-hydrogen) atoms. The third-order valence-electron chi connectivity index (χ3n) is 3.30. The smallest absolute Gasteiger partial charge is 0.410 e.